The van der Waals surface area contributed by atoms with Gasteiger partial charge in [0.25, 0.3) is 5.56 Å². The van der Waals surface area contributed by atoms with Crippen molar-refractivity contribution in [2.45, 2.75) is 39.8 Å². The zero-order valence-corrected chi connectivity index (χ0v) is 15.6. The van der Waals surface area contributed by atoms with E-state index in [0.29, 0.717) is 29.2 Å². The van der Waals surface area contributed by atoms with Crippen LogP contribution in [-0.2, 0) is 13.1 Å². The molecular formula is C20H23FN4O2. The van der Waals surface area contributed by atoms with Crippen LogP contribution in [0.4, 0.5) is 4.39 Å². The Balaban J connectivity index is 1.44. The molecule has 1 aliphatic heterocycles. The number of hydrogen-bond acceptors (Lipinski definition) is 5. The number of halogens is 1. The van der Waals surface area contributed by atoms with E-state index in [1.54, 1.807) is 4.57 Å². The third-order valence-electron chi connectivity index (χ3n) is 5.32. The summed E-state index contributed by atoms with van der Waals surface area (Å²) in [6, 6.07) is 6.13. The Morgan fingerprint density at radius 3 is 2.70 bits per heavy atom. The molecule has 142 valence electrons. The predicted octanol–water partition coefficient (Wildman–Crippen LogP) is 3.05. The number of nitrogens with zero attached hydrogens (tertiary/aromatic N) is 4. The molecule has 0 radical (unpaired) electrons. The molecule has 3 heterocycles. The molecule has 0 atom stereocenters. The Bertz CT molecular complexity index is 1020. The molecule has 0 saturated carbocycles. The van der Waals surface area contributed by atoms with Gasteiger partial charge in [-0.25, -0.2) is 9.37 Å². The van der Waals surface area contributed by atoms with E-state index in [4.69, 9.17) is 4.52 Å². The van der Waals surface area contributed by atoms with Crippen molar-refractivity contribution < 1.29 is 8.91 Å². The normalized spacial score (nSPS) is 16.3. The third kappa shape index (κ3) is 3.78. The minimum absolute atomic E-state index is 0.0852. The lowest BCUT2D eigenvalue weighted by atomic mass is 9.96. The summed E-state index contributed by atoms with van der Waals surface area (Å²) < 4.78 is 20.3. The van der Waals surface area contributed by atoms with E-state index in [-0.39, 0.29) is 11.4 Å². The van der Waals surface area contributed by atoms with Crippen LogP contribution >= 0.6 is 0 Å². The van der Waals surface area contributed by atoms with Crippen molar-refractivity contribution in [3.8, 4) is 0 Å². The number of aryl methyl sites for hydroxylation is 2. The molecule has 0 spiro atoms. The van der Waals surface area contributed by atoms with Crippen molar-refractivity contribution in [2.24, 2.45) is 5.92 Å². The van der Waals surface area contributed by atoms with Crippen LogP contribution < -0.4 is 5.56 Å². The van der Waals surface area contributed by atoms with Gasteiger partial charge in [0, 0.05) is 25.2 Å². The van der Waals surface area contributed by atoms with Crippen molar-refractivity contribution in [3.63, 3.8) is 0 Å². The summed E-state index contributed by atoms with van der Waals surface area (Å²) >= 11 is 0. The van der Waals surface area contributed by atoms with Crippen molar-refractivity contribution in [1.29, 1.82) is 0 Å². The fraction of sp³-hybridized carbons (Fsp3) is 0.450. The maximum Gasteiger partial charge on any atom is 0.261 e. The molecule has 0 amide bonds. The maximum atomic E-state index is 13.4. The van der Waals surface area contributed by atoms with Crippen molar-refractivity contribution in [1.82, 2.24) is 19.6 Å². The van der Waals surface area contributed by atoms with Gasteiger partial charge in [-0.05, 0) is 57.8 Å². The smallest absolute Gasteiger partial charge is 0.261 e. The summed E-state index contributed by atoms with van der Waals surface area (Å²) in [4.78, 5) is 19.6. The fourth-order valence-corrected chi connectivity index (χ4v) is 3.83. The van der Waals surface area contributed by atoms with E-state index in [0.717, 1.165) is 43.9 Å². The number of rotatable bonds is 4. The molecule has 27 heavy (non-hydrogen) atoms. The first-order chi connectivity index (χ1) is 13.0. The van der Waals surface area contributed by atoms with Crippen LogP contribution in [0.25, 0.3) is 10.9 Å². The largest absolute Gasteiger partial charge is 0.361 e. The van der Waals surface area contributed by atoms with Gasteiger partial charge in [-0.15, -0.1) is 0 Å². The molecular weight excluding hydrogens is 347 g/mol. The topological polar surface area (TPSA) is 64.2 Å². The first-order valence-electron chi connectivity index (χ1n) is 9.31. The molecule has 0 unspecified atom stereocenters. The lowest BCUT2D eigenvalue weighted by Crippen LogP contribution is -2.36. The van der Waals surface area contributed by atoms with E-state index in [1.807, 2.05) is 19.9 Å². The Morgan fingerprint density at radius 1 is 1.22 bits per heavy atom. The van der Waals surface area contributed by atoms with E-state index in [1.165, 1.54) is 18.2 Å². The zero-order valence-electron chi connectivity index (χ0n) is 15.6. The number of fused-ring (bicyclic) bond motifs is 1. The molecule has 4 rings (SSSR count). The molecule has 1 fully saturated rings. The van der Waals surface area contributed by atoms with Crippen LogP contribution in [0.1, 0.15) is 30.1 Å². The first-order valence-corrected chi connectivity index (χ1v) is 9.31. The van der Waals surface area contributed by atoms with Gasteiger partial charge >= 0.3 is 0 Å². The van der Waals surface area contributed by atoms with Gasteiger partial charge in [-0.1, -0.05) is 5.16 Å². The van der Waals surface area contributed by atoms with E-state index in [9.17, 15) is 9.18 Å². The Hall–Kier alpha value is -2.54. The van der Waals surface area contributed by atoms with Gasteiger partial charge in [0.15, 0.2) is 0 Å². The Morgan fingerprint density at radius 2 is 2.00 bits per heavy atom. The lowest BCUT2D eigenvalue weighted by Gasteiger charge is -2.31. The number of likely N-dealkylation sites (tertiary alicyclic amines) is 1. The second-order valence-electron chi connectivity index (χ2n) is 7.38. The number of aromatic nitrogens is 3. The minimum atomic E-state index is -0.374. The van der Waals surface area contributed by atoms with Gasteiger partial charge in [0.1, 0.15) is 17.4 Å². The highest BCUT2D eigenvalue weighted by atomic mass is 19.1. The summed E-state index contributed by atoms with van der Waals surface area (Å²) in [5, 5.41) is 4.53. The molecule has 0 N–H and O–H groups in total. The Kier molecular flexibility index (Phi) is 4.78. The van der Waals surface area contributed by atoms with Crippen LogP contribution in [-0.4, -0.2) is 32.7 Å². The third-order valence-corrected chi connectivity index (χ3v) is 5.32. The van der Waals surface area contributed by atoms with E-state index in [2.05, 4.69) is 15.0 Å². The number of benzene rings is 1. The molecule has 1 aromatic carbocycles. The molecule has 1 saturated heterocycles. The van der Waals surface area contributed by atoms with Crippen molar-refractivity contribution in [2.75, 3.05) is 13.1 Å². The lowest BCUT2D eigenvalue weighted by molar-refractivity contribution is 0.162. The number of piperidine rings is 1. The van der Waals surface area contributed by atoms with Crippen molar-refractivity contribution >= 4 is 10.9 Å². The van der Waals surface area contributed by atoms with Gasteiger partial charge in [-0.3, -0.25) is 14.3 Å². The monoisotopic (exact) mass is 370 g/mol. The van der Waals surface area contributed by atoms with Gasteiger partial charge in [0.05, 0.1) is 16.6 Å². The highest BCUT2D eigenvalue weighted by Crippen LogP contribution is 2.21. The zero-order chi connectivity index (χ0) is 19.0. The summed E-state index contributed by atoms with van der Waals surface area (Å²) in [5.74, 6) is 1.52. The van der Waals surface area contributed by atoms with Gasteiger partial charge in [-0.2, -0.15) is 0 Å². The average molecular weight is 370 g/mol. The quantitative estimate of drug-likeness (QED) is 0.706. The van der Waals surface area contributed by atoms with Crippen LogP contribution in [0.5, 0.6) is 0 Å². The Labute approximate surface area is 156 Å². The van der Waals surface area contributed by atoms with Crippen LogP contribution in [0.2, 0.25) is 0 Å². The molecule has 3 aromatic rings. The maximum absolute atomic E-state index is 13.4. The standard InChI is InChI=1S/C20H23FN4O2/c1-13-9-17(23-27-13)12-24-7-5-15(6-8-24)11-25-14(2)22-19-10-16(21)3-4-18(19)20(25)26/h3-4,9-10,15H,5-8,11-12H2,1-2H3. The molecule has 2 aromatic heterocycles. The predicted molar refractivity (Wildman–Crippen MR) is 99.9 cm³/mol. The number of hydrogen-bond donors (Lipinski definition) is 0. The average Bonchev–Trinajstić information content (AvgIpc) is 3.04. The van der Waals surface area contributed by atoms with Gasteiger partial charge < -0.3 is 4.52 Å². The van der Waals surface area contributed by atoms with E-state index >= 15 is 0 Å². The molecule has 0 aliphatic carbocycles. The SMILES string of the molecule is Cc1cc(CN2CCC(Cn3c(C)nc4cc(F)ccc4c3=O)CC2)no1. The summed E-state index contributed by atoms with van der Waals surface area (Å²) in [5.41, 5.74) is 1.30. The highest BCUT2D eigenvalue weighted by Gasteiger charge is 2.22. The second-order valence-corrected chi connectivity index (χ2v) is 7.38. The van der Waals surface area contributed by atoms with Gasteiger partial charge in [0.2, 0.25) is 0 Å². The molecule has 7 heteroatoms. The van der Waals surface area contributed by atoms with Crippen LogP contribution in [0.3, 0.4) is 0 Å². The van der Waals surface area contributed by atoms with Crippen molar-refractivity contribution in [3.05, 3.63) is 57.7 Å². The van der Waals surface area contributed by atoms with Crippen LogP contribution in [0, 0.1) is 25.6 Å². The van der Waals surface area contributed by atoms with E-state index < -0.39 is 0 Å². The highest BCUT2D eigenvalue weighted by molar-refractivity contribution is 5.77. The molecule has 6 nitrogen and oxygen atoms in total. The summed E-state index contributed by atoms with van der Waals surface area (Å²) in [6.07, 6.45) is 2.04. The molecule has 1 aliphatic rings. The first kappa shape index (κ1) is 17.9. The summed E-state index contributed by atoms with van der Waals surface area (Å²) in [7, 11) is 0. The fourth-order valence-electron chi connectivity index (χ4n) is 3.83. The summed E-state index contributed by atoms with van der Waals surface area (Å²) in [6.45, 7) is 7.10. The second kappa shape index (κ2) is 7.23. The molecule has 0 bridgehead atoms. The minimum Gasteiger partial charge on any atom is -0.361 e. The van der Waals surface area contributed by atoms with Crippen LogP contribution in [0.15, 0.2) is 33.6 Å².